The second-order valence-corrected chi connectivity index (χ2v) is 7.04. The SMILES string of the molecule is O=C(C[C@@H](c1ccccc1)N1CCCC1=O)N1CCCOc2ccccc21. The fourth-order valence-corrected chi connectivity index (χ4v) is 3.94. The number of benzene rings is 2. The lowest BCUT2D eigenvalue weighted by atomic mass is 10.0. The van der Waals surface area contributed by atoms with Crippen molar-refractivity contribution in [2.24, 2.45) is 0 Å². The topological polar surface area (TPSA) is 49.9 Å². The summed E-state index contributed by atoms with van der Waals surface area (Å²) in [5.74, 6) is 0.912. The van der Waals surface area contributed by atoms with E-state index >= 15 is 0 Å². The zero-order chi connectivity index (χ0) is 18.6. The summed E-state index contributed by atoms with van der Waals surface area (Å²) in [5.41, 5.74) is 1.83. The molecule has 1 saturated heterocycles. The molecule has 0 unspecified atom stereocenters. The molecule has 2 aliphatic heterocycles. The van der Waals surface area contributed by atoms with Crippen molar-refractivity contribution in [1.82, 2.24) is 4.90 Å². The van der Waals surface area contributed by atoms with Crippen LogP contribution >= 0.6 is 0 Å². The third-order valence-electron chi connectivity index (χ3n) is 5.28. The smallest absolute Gasteiger partial charge is 0.229 e. The van der Waals surface area contributed by atoms with Gasteiger partial charge in [0.05, 0.1) is 24.8 Å². The molecular formula is C22H24N2O3. The third-order valence-corrected chi connectivity index (χ3v) is 5.28. The number of hydrogen-bond donors (Lipinski definition) is 0. The van der Waals surface area contributed by atoms with E-state index < -0.39 is 0 Å². The molecular weight excluding hydrogens is 340 g/mol. The van der Waals surface area contributed by atoms with Crippen molar-refractivity contribution in [3.8, 4) is 5.75 Å². The van der Waals surface area contributed by atoms with E-state index in [2.05, 4.69) is 0 Å². The number of amides is 2. The molecule has 0 aliphatic carbocycles. The van der Waals surface area contributed by atoms with Gasteiger partial charge in [0.25, 0.3) is 0 Å². The normalized spacial score (nSPS) is 17.9. The highest BCUT2D eigenvalue weighted by Crippen LogP contribution is 2.34. The van der Waals surface area contributed by atoms with E-state index in [0.717, 1.165) is 29.8 Å². The van der Waals surface area contributed by atoms with E-state index in [9.17, 15) is 9.59 Å². The maximum absolute atomic E-state index is 13.3. The average molecular weight is 364 g/mol. The largest absolute Gasteiger partial charge is 0.491 e. The van der Waals surface area contributed by atoms with Crippen LogP contribution in [-0.4, -0.2) is 36.4 Å². The minimum atomic E-state index is -0.218. The first-order chi connectivity index (χ1) is 13.2. The molecule has 2 aromatic carbocycles. The van der Waals surface area contributed by atoms with Crippen molar-refractivity contribution in [3.63, 3.8) is 0 Å². The highest BCUT2D eigenvalue weighted by atomic mass is 16.5. The Bertz CT molecular complexity index is 821. The Morgan fingerprint density at radius 3 is 2.56 bits per heavy atom. The summed E-state index contributed by atoms with van der Waals surface area (Å²) in [5, 5.41) is 0. The van der Waals surface area contributed by atoms with Gasteiger partial charge in [-0.3, -0.25) is 9.59 Å². The van der Waals surface area contributed by atoms with E-state index in [1.807, 2.05) is 64.4 Å². The maximum atomic E-state index is 13.3. The second kappa shape index (κ2) is 7.82. The molecule has 5 nitrogen and oxygen atoms in total. The molecule has 4 rings (SSSR count). The first-order valence-corrected chi connectivity index (χ1v) is 9.60. The first kappa shape index (κ1) is 17.6. The number of rotatable bonds is 4. The molecule has 0 saturated carbocycles. The Morgan fingerprint density at radius 1 is 1.00 bits per heavy atom. The number of carbonyl (C=O) groups is 2. The van der Waals surface area contributed by atoms with Crippen molar-refractivity contribution >= 4 is 17.5 Å². The monoisotopic (exact) mass is 364 g/mol. The summed E-state index contributed by atoms with van der Waals surface area (Å²) in [4.78, 5) is 29.4. The molecule has 0 bridgehead atoms. The Hall–Kier alpha value is -2.82. The molecule has 27 heavy (non-hydrogen) atoms. The number of anilines is 1. The van der Waals surface area contributed by atoms with E-state index in [1.165, 1.54) is 0 Å². The Balaban J connectivity index is 1.61. The highest BCUT2D eigenvalue weighted by molar-refractivity contribution is 5.95. The lowest BCUT2D eigenvalue weighted by Crippen LogP contribution is -2.37. The van der Waals surface area contributed by atoms with Gasteiger partial charge in [-0.2, -0.15) is 0 Å². The van der Waals surface area contributed by atoms with Gasteiger partial charge in [0, 0.05) is 19.5 Å². The number of fused-ring (bicyclic) bond motifs is 1. The molecule has 2 aromatic rings. The summed E-state index contributed by atoms with van der Waals surface area (Å²) >= 11 is 0. The van der Waals surface area contributed by atoms with E-state index in [1.54, 1.807) is 0 Å². The van der Waals surface area contributed by atoms with Crippen LogP contribution < -0.4 is 9.64 Å². The summed E-state index contributed by atoms with van der Waals surface area (Å²) < 4.78 is 5.78. The van der Waals surface area contributed by atoms with Gasteiger partial charge >= 0.3 is 0 Å². The zero-order valence-corrected chi connectivity index (χ0v) is 15.3. The predicted octanol–water partition coefficient (Wildman–Crippen LogP) is 3.56. The minimum Gasteiger partial charge on any atom is -0.491 e. The van der Waals surface area contributed by atoms with Gasteiger partial charge < -0.3 is 14.5 Å². The van der Waals surface area contributed by atoms with Crippen molar-refractivity contribution < 1.29 is 14.3 Å². The van der Waals surface area contributed by atoms with E-state index in [4.69, 9.17) is 4.74 Å². The standard InChI is InChI=1S/C22H24N2O3/c25-21-12-6-13-24(21)19(17-8-2-1-3-9-17)16-22(26)23-14-7-15-27-20-11-5-4-10-18(20)23/h1-5,8-11,19H,6-7,12-16H2/t19-/m0/s1. The van der Waals surface area contributed by atoms with Crippen molar-refractivity contribution in [2.45, 2.75) is 31.7 Å². The van der Waals surface area contributed by atoms with Gasteiger partial charge in [0.15, 0.2) is 0 Å². The molecule has 0 spiro atoms. The molecule has 140 valence electrons. The van der Waals surface area contributed by atoms with Crippen molar-refractivity contribution in [2.75, 3.05) is 24.6 Å². The molecule has 2 amide bonds. The third kappa shape index (κ3) is 3.68. The molecule has 2 heterocycles. The van der Waals surface area contributed by atoms with Gasteiger partial charge in [0.2, 0.25) is 11.8 Å². The van der Waals surface area contributed by atoms with Crippen LogP contribution in [0.1, 0.15) is 37.3 Å². The predicted molar refractivity (Wildman–Crippen MR) is 104 cm³/mol. The summed E-state index contributed by atoms with van der Waals surface area (Å²) in [6.45, 7) is 1.95. The first-order valence-electron chi connectivity index (χ1n) is 9.60. The lowest BCUT2D eigenvalue weighted by Gasteiger charge is -2.30. The molecule has 0 N–H and O–H groups in total. The lowest BCUT2D eigenvalue weighted by molar-refractivity contribution is -0.131. The minimum absolute atomic E-state index is 0.0292. The zero-order valence-electron chi connectivity index (χ0n) is 15.3. The molecule has 1 fully saturated rings. The van der Waals surface area contributed by atoms with Gasteiger partial charge in [-0.25, -0.2) is 0 Å². The molecule has 5 heteroatoms. The van der Waals surface area contributed by atoms with E-state index in [0.29, 0.717) is 26.1 Å². The summed E-state index contributed by atoms with van der Waals surface area (Å²) in [6.07, 6.45) is 2.50. The van der Waals surface area contributed by atoms with Crippen LogP contribution in [0.25, 0.3) is 0 Å². The quantitative estimate of drug-likeness (QED) is 0.834. The number of carbonyl (C=O) groups excluding carboxylic acids is 2. The molecule has 0 radical (unpaired) electrons. The fourth-order valence-electron chi connectivity index (χ4n) is 3.94. The summed E-state index contributed by atoms with van der Waals surface area (Å²) in [6, 6.07) is 17.3. The van der Waals surface area contributed by atoms with Crippen LogP contribution in [0.3, 0.4) is 0 Å². The summed E-state index contributed by atoms with van der Waals surface area (Å²) in [7, 11) is 0. The van der Waals surface area contributed by atoms with Crippen LogP contribution in [0.2, 0.25) is 0 Å². The molecule has 1 atom stereocenters. The molecule has 0 aromatic heterocycles. The van der Waals surface area contributed by atoms with Crippen LogP contribution in [0.15, 0.2) is 54.6 Å². The second-order valence-electron chi connectivity index (χ2n) is 7.04. The Morgan fingerprint density at radius 2 is 1.78 bits per heavy atom. The van der Waals surface area contributed by atoms with Crippen LogP contribution in [0.5, 0.6) is 5.75 Å². The Kier molecular flexibility index (Phi) is 5.10. The fraction of sp³-hybridized carbons (Fsp3) is 0.364. The number of likely N-dealkylation sites (tertiary alicyclic amines) is 1. The van der Waals surface area contributed by atoms with Crippen LogP contribution in [0, 0.1) is 0 Å². The van der Waals surface area contributed by atoms with Gasteiger partial charge in [-0.1, -0.05) is 42.5 Å². The van der Waals surface area contributed by atoms with E-state index in [-0.39, 0.29) is 24.3 Å². The van der Waals surface area contributed by atoms with Crippen molar-refractivity contribution in [1.29, 1.82) is 0 Å². The maximum Gasteiger partial charge on any atom is 0.229 e. The Labute approximate surface area is 159 Å². The number of nitrogens with zero attached hydrogens (tertiary/aromatic N) is 2. The number of para-hydroxylation sites is 2. The number of hydrogen-bond acceptors (Lipinski definition) is 3. The van der Waals surface area contributed by atoms with Gasteiger partial charge in [-0.05, 0) is 30.5 Å². The van der Waals surface area contributed by atoms with Gasteiger partial charge in [0.1, 0.15) is 5.75 Å². The van der Waals surface area contributed by atoms with Crippen molar-refractivity contribution in [3.05, 3.63) is 60.2 Å². The van der Waals surface area contributed by atoms with Gasteiger partial charge in [-0.15, -0.1) is 0 Å². The number of ether oxygens (including phenoxy) is 1. The highest BCUT2D eigenvalue weighted by Gasteiger charge is 2.32. The van der Waals surface area contributed by atoms with Crippen LogP contribution in [-0.2, 0) is 9.59 Å². The van der Waals surface area contributed by atoms with Crippen LogP contribution in [0.4, 0.5) is 5.69 Å². The average Bonchev–Trinajstić information content (AvgIpc) is 3.00. The molecule has 2 aliphatic rings.